The Morgan fingerprint density at radius 2 is 0.688 bits per heavy atom. The number of rotatable bonds is 6. The minimum absolute atomic E-state index is 0.335. The highest BCUT2D eigenvalue weighted by Crippen LogP contribution is 2.45. The molecule has 0 spiro atoms. The van der Waals surface area contributed by atoms with Crippen LogP contribution in [0.1, 0.15) is 11.1 Å². The molecule has 0 radical (unpaired) electrons. The van der Waals surface area contributed by atoms with Crippen molar-refractivity contribution in [1.29, 1.82) is 0 Å². The van der Waals surface area contributed by atoms with Crippen molar-refractivity contribution in [3.05, 3.63) is 80.1 Å². The molecule has 0 N–H and O–H groups in total. The van der Waals surface area contributed by atoms with Crippen molar-refractivity contribution >= 4 is 159 Å². The highest BCUT2D eigenvalue weighted by atomic mass is 79.9. The van der Waals surface area contributed by atoms with Gasteiger partial charge in [0.25, 0.3) is 0 Å². The van der Waals surface area contributed by atoms with Crippen molar-refractivity contribution < 1.29 is 9.47 Å². The third kappa shape index (κ3) is 6.68. The number of hydrogen-bond acceptors (Lipinski definition) is 2. The van der Waals surface area contributed by atoms with Gasteiger partial charge in [0, 0.05) is 38.0 Å². The summed E-state index contributed by atoms with van der Waals surface area (Å²) in [4.78, 5) is 0. The summed E-state index contributed by atoms with van der Waals surface area (Å²) in [5, 5.41) is 0. The standard InChI is InChI=1S/C20H8Br10O2/c21-7-1-11(23)19(12(24)2-7)31-5-9-15(27)17(29)10(18(30)16(9)28)6-32-20-13(25)3-8(22)4-14(20)26/h1-4H,5-6H2. The molecule has 32 heavy (non-hydrogen) atoms. The van der Waals surface area contributed by atoms with Gasteiger partial charge in [0.2, 0.25) is 0 Å². The fraction of sp³-hybridized carbons (Fsp3) is 0.100. The largest absolute Gasteiger partial charge is 0.486 e. The van der Waals surface area contributed by atoms with E-state index >= 15 is 0 Å². The maximum atomic E-state index is 6.13. The van der Waals surface area contributed by atoms with Crippen LogP contribution in [0.5, 0.6) is 11.5 Å². The van der Waals surface area contributed by atoms with Crippen LogP contribution in [0.25, 0.3) is 0 Å². The molecule has 0 amide bonds. The molecule has 0 aliphatic rings. The van der Waals surface area contributed by atoms with E-state index in [4.69, 9.17) is 9.47 Å². The minimum atomic E-state index is 0.335. The number of hydrogen-bond donors (Lipinski definition) is 0. The lowest BCUT2D eigenvalue weighted by atomic mass is 10.1. The maximum absolute atomic E-state index is 6.13. The lowest BCUT2D eigenvalue weighted by Crippen LogP contribution is -2.05. The van der Waals surface area contributed by atoms with E-state index in [1.807, 2.05) is 24.3 Å². The first-order valence-electron chi connectivity index (χ1n) is 8.39. The summed E-state index contributed by atoms with van der Waals surface area (Å²) >= 11 is 36.0. The molecule has 12 heteroatoms. The predicted octanol–water partition coefficient (Wildman–Crippen LogP) is 12.5. The average Bonchev–Trinajstić information content (AvgIpc) is 2.69. The Morgan fingerprint density at radius 1 is 0.438 bits per heavy atom. The van der Waals surface area contributed by atoms with E-state index in [-0.39, 0.29) is 0 Å². The van der Waals surface area contributed by atoms with Gasteiger partial charge in [-0.2, -0.15) is 0 Å². The molecule has 0 atom stereocenters. The molecule has 170 valence electrons. The van der Waals surface area contributed by atoms with Crippen molar-refractivity contribution in [3.8, 4) is 11.5 Å². The van der Waals surface area contributed by atoms with Gasteiger partial charge < -0.3 is 9.47 Å². The van der Waals surface area contributed by atoms with Crippen LogP contribution in [-0.2, 0) is 13.2 Å². The number of halogens is 10. The second-order valence-corrected chi connectivity index (χ2v) is 14.6. The SMILES string of the molecule is Brc1cc(Br)c(OCc2c(Br)c(Br)c(COc3c(Br)cc(Br)cc3Br)c(Br)c2Br)c(Br)c1. The Kier molecular flexibility index (Phi) is 11.2. The van der Waals surface area contributed by atoms with Crippen LogP contribution >= 0.6 is 159 Å². The highest BCUT2D eigenvalue weighted by molar-refractivity contribution is 9.14. The fourth-order valence-corrected chi connectivity index (χ4v) is 10.3. The Morgan fingerprint density at radius 3 is 0.938 bits per heavy atom. The van der Waals surface area contributed by atoms with E-state index in [1.54, 1.807) is 0 Å². The van der Waals surface area contributed by atoms with E-state index in [1.165, 1.54) is 0 Å². The van der Waals surface area contributed by atoms with Gasteiger partial charge in [-0.25, -0.2) is 0 Å². The van der Waals surface area contributed by atoms with Crippen molar-refractivity contribution in [2.75, 3.05) is 0 Å². The Bertz CT molecular complexity index is 1030. The summed E-state index contributed by atoms with van der Waals surface area (Å²) in [5.41, 5.74) is 1.89. The molecule has 3 aromatic carbocycles. The molecule has 0 saturated heterocycles. The third-order valence-electron chi connectivity index (χ3n) is 4.09. The maximum Gasteiger partial charge on any atom is 0.148 e. The van der Waals surface area contributed by atoms with Crippen molar-refractivity contribution in [3.63, 3.8) is 0 Å². The highest BCUT2D eigenvalue weighted by Gasteiger charge is 2.21. The minimum Gasteiger partial charge on any atom is -0.486 e. The zero-order valence-corrected chi connectivity index (χ0v) is 31.2. The van der Waals surface area contributed by atoms with Crippen LogP contribution < -0.4 is 9.47 Å². The van der Waals surface area contributed by atoms with E-state index in [9.17, 15) is 0 Å². The predicted molar refractivity (Wildman–Crippen MR) is 165 cm³/mol. The Balaban J connectivity index is 1.88. The van der Waals surface area contributed by atoms with E-state index in [0.29, 0.717) is 13.2 Å². The fourth-order valence-electron chi connectivity index (χ4n) is 2.60. The van der Waals surface area contributed by atoms with Crippen LogP contribution in [0.2, 0.25) is 0 Å². The van der Waals surface area contributed by atoms with Crippen molar-refractivity contribution in [1.82, 2.24) is 0 Å². The van der Waals surface area contributed by atoms with E-state index in [0.717, 1.165) is 67.4 Å². The van der Waals surface area contributed by atoms with Gasteiger partial charge in [-0.15, -0.1) is 0 Å². The molecule has 0 aliphatic heterocycles. The van der Waals surface area contributed by atoms with E-state index in [2.05, 4.69) is 159 Å². The zero-order valence-electron chi connectivity index (χ0n) is 15.3. The van der Waals surface area contributed by atoms with Crippen LogP contribution in [-0.4, -0.2) is 0 Å². The number of ether oxygens (including phenoxy) is 2. The monoisotopic (exact) mass is 1070 g/mol. The van der Waals surface area contributed by atoms with Crippen LogP contribution in [0.4, 0.5) is 0 Å². The Labute approximate surface area is 269 Å². The molecule has 0 heterocycles. The first-order chi connectivity index (χ1) is 15.0. The molecule has 0 fully saturated rings. The van der Waals surface area contributed by atoms with Gasteiger partial charge in [0.1, 0.15) is 24.7 Å². The van der Waals surface area contributed by atoms with Gasteiger partial charge in [-0.05, 0) is 152 Å². The van der Waals surface area contributed by atoms with Gasteiger partial charge in [-0.1, -0.05) is 31.9 Å². The third-order valence-corrected chi connectivity index (χ3v) is 11.9. The summed E-state index contributed by atoms with van der Waals surface area (Å²) in [5.74, 6) is 1.44. The summed E-state index contributed by atoms with van der Waals surface area (Å²) in [6, 6.07) is 7.76. The van der Waals surface area contributed by atoms with Gasteiger partial charge >= 0.3 is 0 Å². The molecule has 0 bridgehead atoms. The second-order valence-electron chi connectivity index (χ2n) is 6.19. The molecule has 0 saturated carbocycles. The molecule has 0 unspecified atom stereocenters. The summed E-state index contributed by atoms with van der Waals surface area (Å²) in [7, 11) is 0. The average molecular weight is 1080 g/mol. The molecule has 3 aromatic rings. The number of benzene rings is 3. The zero-order chi connectivity index (χ0) is 23.7. The summed E-state index contributed by atoms with van der Waals surface area (Å²) < 4.78 is 21.1. The van der Waals surface area contributed by atoms with Crippen LogP contribution in [0.15, 0.2) is 69.0 Å². The molecular weight excluding hydrogens is 1070 g/mol. The quantitative estimate of drug-likeness (QED) is 0.229. The molecule has 2 nitrogen and oxygen atoms in total. The summed E-state index contributed by atoms with van der Waals surface area (Å²) in [6.45, 7) is 0.671. The Hall–Kier alpha value is 2.06. The lowest BCUT2D eigenvalue weighted by Gasteiger charge is -2.19. The summed E-state index contributed by atoms with van der Waals surface area (Å²) in [6.07, 6.45) is 0. The van der Waals surface area contributed by atoms with Crippen LogP contribution in [0.3, 0.4) is 0 Å². The molecule has 0 aromatic heterocycles. The van der Waals surface area contributed by atoms with Gasteiger partial charge in [-0.3, -0.25) is 0 Å². The molecule has 0 aliphatic carbocycles. The van der Waals surface area contributed by atoms with Crippen LogP contribution in [0, 0.1) is 0 Å². The molecular formula is C20H8Br10O2. The van der Waals surface area contributed by atoms with Gasteiger partial charge in [0.15, 0.2) is 0 Å². The van der Waals surface area contributed by atoms with Crippen molar-refractivity contribution in [2.24, 2.45) is 0 Å². The van der Waals surface area contributed by atoms with E-state index < -0.39 is 0 Å². The topological polar surface area (TPSA) is 18.5 Å². The lowest BCUT2D eigenvalue weighted by molar-refractivity contribution is 0.296. The van der Waals surface area contributed by atoms with Crippen molar-refractivity contribution in [2.45, 2.75) is 13.2 Å². The van der Waals surface area contributed by atoms with Gasteiger partial charge in [0.05, 0.1) is 17.9 Å². The first-order valence-corrected chi connectivity index (χ1v) is 16.3. The first kappa shape index (κ1) is 28.6. The second kappa shape index (κ2) is 12.5. The normalized spacial score (nSPS) is 11.1. The molecule has 3 rings (SSSR count). The smallest absolute Gasteiger partial charge is 0.148 e.